The third kappa shape index (κ3) is 5.29. The van der Waals surface area contributed by atoms with Crippen molar-refractivity contribution < 1.29 is 0 Å². The Kier molecular flexibility index (Phi) is 7.58. The summed E-state index contributed by atoms with van der Waals surface area (Å²) in [5, 5.41) is 0. The Morgan fingerprint density at radius 2 is 0.727 bits per heavy atom. The van der Waals surface area contributed by atoms with Crippen LogP contribution in [-0.4, -0.2) is 0 Å². The van der Waals surface area contributed by atoms with Crippen LogP contribution in [0.4, 0.5) is 17.1 Å². The van der Waals surface area contributed by atoms with Crippen molar-refractivity contribution in [3.8, 4) is 55.6 Å². The Morgan fingerprint density at radius 3 is 1.35 bits per heavy atom. The van der Waals surface area contributed by atoms with Gasteiger partial charge in [0, 0.05) is 27.9 Å². The smallest absolute Gasteiger partial charge is 0.0465 e. The summed E-state index contributed by atoms with van der Waals surface area (Å²) < 4.78 is 0. The van der Waals surface area contributed by atoms with Gasteiger partial charge in [-0.2, -0.15) is 0 Å². The average molecular weight is 706 g/mol. The Labute approximate surface area is 325 Å². The summed E-state index contributed by atoms with van der Waals surface area (Å²) in [6.07, 6.45) is 0. The van der Waals surface area contributed by atoms with Crippen LogP contribution in [0.5, 0.6) is 0 Å². The molecule has 0 amide bonds. The molecule has 0 heterocycles. The molecule has 1 nitrogen and oxygen atoms in total. The van der Waals surface area contributed by atoms with E-state index in [1.54, 1.807) is 0 Å². The lowest BCUT2D eigenvalue weighted by molar-refractivity contribution is 0.653. The van der Waals surface area contributed by atoms with Crippen LogP contribution in [0.3, 0.4) is 0 Å². The van der Waals surface area contributed by atoms with E-state index in [1.165, 1.54) is 77.9 Å². The van der Waals surface area contributed by atoms with E-state index < -0.39 is 0 Å². The molecule has 55 heavy (non-hydrogen) atoms. The number of para-hydroxylation sites is 1. The quantitative estimate of drug-likeness (QED) is 0.166. The van der Waals surface area contributed by atoms with E-state index in [4.69, 9.17) is 0 Å². The van der Waals surface area contributed by atoms with E-state index in [-0.39, 0.29) is 10.8 Å². The van der Waals surface area contributed by atoms with Crippen molar-refractivity contribution in [1.82, 2.24) is 0 Å². The third-order valence-electron chi connectivity index (χ3n) is 12.3. The maximum absolute atomic E-state index is 2.52. The van der Waals surface area contributed by atoms with Gasteiger partial charge in [0.1, 0.15) is 0 Å². The zero-order chi connectivity index (χ0) is 37.3. The lowest BCUT2D eigenvalue weighted by Crippen LogP contribution is -2.18. The Morgan fingerprint density at radius 1 is 0.291 bits per heavy atom. The van der Waals surface area contributed by atoms with Crippen molar-refractivity contribution in [2.45, 2.75) is 38.5 Å². The van der Waals surface area contributed by atoms with Crippen molar-refractivity contribution in [3.63, 3.8) is 0 Å². The summed E-state index contributed by atoms with van der Waals surface area (Å²) in [7, 11) is 0. The summed E-state index contributed by atoms with van der Waals surface area (Å²) >= 11 is 0. The molecule has 1 heteroatoms. The average Bonchev–Trinajstić information content (AvgIpc) is 3.60. The fourth-order valence-electron chi connectivity index (χ4n) is 9.40. The summed E-state index contributed by atoms with van der Waals surface area (Å²) in [5.41, 5.74) is 21.7. The molecule has 0 fully saturated rings. The second-order valence-electron chi connectivity index (χ2n) is 16.2. The third-order valence-corrected chi connectivity index (χ3v) is 12.3. The molecule has 2 aliphatic carbocycles. The second kappa shape index (κ2) is 12.6. The molecule has 0 aliphatic heterocycles. The second-order valence-corrected chi connectivity index (χ2v) is 16.2. The maximum Gasteiger partial charge on any atom is 0.0465 e. The van der Waals surface area contributed by atoms with E-state index in [0.717, 1.165) is 17.1 Å². The predicted molar refractivity (Wildman–Crippen MR) is 233 cm³/mol. The number of anilines is 3. The highest BCUT2D eigenvalue weighted by molar-refractivity contribution is 5.94. The number of hydrogen-bond donors (Lipinski definition) is 0. The molecule has 10 rings (SSSR count). The highest BCUT2D eigenvalue weighted by atomic mass is 15.1. The topological polar surface area (TPSA) is 3.24 Å². The van der Waals surface area contributed by atoms with Gasteiger partial charge in [0.15, 0.2) is 0 Å². The zero-order valence-corrected chi connectivity index (χ0v) is 31.8. The minimum Gasteiger partial charge on any atom is -0.310 e. The molecule has 264 valence electrons. The van der Waals surface area contributed by atoms with Gasteiger partial charge in [0.25, 0.3) is 0 Å². The summed E-state index contributed by atoms with van der Waals surface area (Å²) in [6, 6.07) is 69.1. The first kappa shape index (κ1) is 33.2. The Hall–Kier alpha value is -6.44. The molecule has 0 saturated heterocycles. The van der Waals surface area contributed by atoms with Crippen LogP contribution in [0.15, 0.2) is 188 Å². The van der Waals surface area contributed by atoms with Crippen LogP contribution in [0, 0.1) is 0 Å². The molecule has 0 bridgehead atoms. The minimum atomic E-state index is -0.169. The summed E-state index contributed by atoms with van der Waals surface area (Å²) in [5.74, 6) is 0. The number of rotatable bonds is 6. The van der Waals surface area contributed by atoms with Crippen molar-refractivity contribution >= 4 is 17.1 Å². The van der Waals surface area contributed by atoms with Gasteiger partial charge in [-0.15, -0.1) is 0 Å². The van der Waals surface area contributed by atoms with Crippen LogP contribution in [-0.2, 0) is 10.8 Å². The number of nitrogens with zero attached hydrogens (tertiary/aromatic N) is 1. The van der Waals surface area contributed by atoms with Gasteiger partial charge >= 0.3 is 0 Å². The van der Waals surface area contributed by atoms with E-state index in [1.807, 2.05) is 0 Å². The van der Waals surface area contributed by atoms with Gasteiger partial charge in [-0.25, -0.2) is 0 Å². The van der Waals surface area contributed by atoms with Crippen LogP contribution in [0.25, 0.3) is 55.6 Å². The molecule has 0 saturated carbocycles. The predicted octanol–water partition coefficient (Wildman–Crippen LogP) is 14.8. The van der Waals surface area contributed by atoms with Crippen LogP contribution >= 0.6 is 0 Å². The Bertz CT molecular complexity index is 2700. The van der Waals surface area contributed by atoms with E-state index in [0.29, 0.717) is 0 Å². The highest BCUT2D eigenvalue weighted by Gasteiger charge is 2.43. The van der Waals surface area contributed by atoms with Crippen molar-refractivity contribution in [2.24, 2.45) is 0 Å². The van der Waals surface area contributed by atoms with Crippen molar-refractivity contribution in [1.29, 1.82) is 0 Å². The van der Waals surface area contributed by atoms with Gasteiger partial charge in [-0.3, -0.25) is 0 Å². The van der Waals surface area contributed by atoms with E-state index >= 15 is 0 Å². The first-order valence-corrected chi connectivity index (χ1v) is 19.4. The van der Waals surface area contributed by atoms with Crippen LogP contribution < -0.4 is 4.90 Å². The first-order valence-electron chi connectivity index (χ1n) is 19.4. The molecular weight excluding hydrogens is 663 g/mol. The molecular formula is C54H43N. The molecule has 0 spiro atoms. The molecule has 2 aliphatic rings. The molecule has 8 aromatic carbocycles. The van der Waals surface area contributed by atoms with Gasteiger partial charge in [0.05, 0.1) is 0 Å². The molecule has 0 radical (unpaired) electrons. The highest BCUT2D eigenvalue weighted by Crippen LogP contribution is 2.58. The van der Waals surface area contributed by atoms with Crippen LogP contribution in [0.1, 0.15) is 49.9 Å². The fourth-order valence-corrected chi connectivity index (χ4v) is 9.40. The molecule has 8 aromatic rings. The SMILES string of the molecule is CC1(C)c2cc(N(c3ccccc3)c3ccc(-c4ccc(-c5ccccc5)cc4)cc3)ccc2-c2cc3c(cc21)-c1cccc(-c2ccccc2)c1C3(C)C. The van der Waals surface area contributed by atoms with Crippen LogP contribution in [0.2, 0.25) is 0 Å². The molecule has 0 unspecified atom stereocenters. The van der Waals surface area contributed by atoms with E-state index in [9.17, 15) is 0 Å². The monoisotopic (exact) mass is 705 g/mol. The Balaban J connectivity index is 1.03. The standard InChI is InChI=1S/C54H43N/c1-53(2)49-33-43(55(41-19-12-7-13-20-41)42-29-27-39(28-30-42)38-25-23-37(24-26-38)36-15-8-5-9-16-36)31-32-45(49)47-34-51-48(35-50(47)53)46-22-14-21-44(52(46)54(51,3)4)40-17-10-6-11-18-40/h5-35H,1-4H3. The number of fused-ring (bicyclic) bond motifs is 6. The van der Waals surface area contributed by atoms with Gasteiger partial charge in [0.2, 0.25) is 0 Å². The number of hydrogen-bond acceptors (Lipinski definition) is 1. The fraction of sp³-hybridized carbons (Fsp3) is 0.111. The van der Waals surface area contributed by atoms with Crippen molar-refractivity contribution in [2.75, 3.05) is 4.90 Å². The van der Waals surface area contributed by atoms with Crippen molar-refractivity contribution in [3.05, 3.63) is 210 Å². The first-order chi connectivity index (χ1) is 26.8. The summed E-state index contributed by atoms with van der Waals surface area (Å²) in [6.45, 7) is 9.62. The van der Waals surface area contributed by atoms with Gasteiger partial charge in [-0.05, 0) is 126 Å². The normalized spacial score (nSPS) is 14.1. The number of benzene rings is 8. The minimum absolute atomic E-state index is 0.126. The molecule has 0 N–H and O–H groups in total. The molecule has 0 atom stereocenters. The lowest BCUT2D eigenvalue weighted by Gasteiger charge is -2.28. The van der Waals surface area contributed by atoms with E-state index in [2.05, 4.69) is 221 Å². The van der Waals surface area contributed by atoms with Gasteiger partial charge in [-0.1, -0.05) is 167 Å². The lowest BCUT2D eigenvalue weighted by atomic mass is 9.77. The zero-order valence-electron chi connectivity index (χ0n) is 31.8. The maximum atomic E-state index is 2.52. The summed E-state index contributed by atoms with van der Waals surface area (Å²) in [4.78, 5) is 2.39. The van der Waals surface area contributed by atoms with Gasteiger partial charge < -0.3 is 4.90 Å². The molecule has 0 aromatic heterocycles. The largest absolute Gasteiger partial charge is 0.310 e.